The third-order valence-corrected chi connectivity index (χ3v) is 19.5. The van der Waals surface area contributed by atoms with Crippen LogP contribution in [0.25, 0.3) is 0 Å². The van der Waals surface area contributed by atoms with E-state index in [1.54, 1.807) is 0 Å². The Kier molecular flexibility index (Phi) is 14.7. The molecule has 19 nitrogen and oxygen atoms in total. The van der Waals surface area contributed by atoms with Gasteiger partial charge in [-0.3, -0.25) is 0 Å². The van der Waals surface area contributed by atoms with Crippen molar-refractivity contribution in [2.75, 3.05) is 33.0 Å². The molecule has 0 bridgehead atoms. The monoisotopic (exact) mass is 961 g/mol. The molecule has 3 saturated heterocycles. The third-order valence-electron chi connectivity index (χ3n) is 19.5. The lowest BCUT2D eigenvalue weighted by atomic mass is 9.33. The predicted molar refractivity (Wildman–Crippen MR) is 233 cm³/mol. The largest absolute Gasteiger partial charge is 0.394 e. The molecule has 0 amide bonds. The van der Waals surface area contributed by atoms with Crippen molar-refractivity contribution >= 4 is 0 Å². The van der Waals surface area contributed by atoms with Crippen LogP contribution in [0.2, 0.25) is 0 Å². The first kappa shape index (κ1) is 52.3. The topological polar surface area (TPSA) is 318 Å². The molecule has 19 heteroatoms. The zero-order valence-electron chi connectivity index (χ0n) is 39.8. The fraction of sp³-hybridized carbons (Fsp3) is 0.958. The molecule has 0 aromatic rings. The molecule has 67 heavy (non-hydrogen) atoms. The molecule has 8 aliphatic rings. The summed E-state index contributed by atoms with van der Waals surface area (Å²) >= 11 is 0. The minimum absolute atomic E-state index is 0.0119. The molecule has 7 fully saturated rings. The van der Waals surface area contributed by atoms with E-state index in [0.29, 0.717) is 19.3 Å². The maximum atomic E-state index is 12.8. The van der Waals surface area contributed by atoms with E-state index in [-0.39, 0.29) is 47.2 Å². The summed E-state index contributed by atoms with van der Waals surface area (Å²) in [5.74, 6) is 0.0160. The molecule has 3 aliphatic heterocycles. The van der Waals surface area contributed by atoms with Gasteiger partial charge in [0.1, 0.15) is 73.2 Å². The summed E-state index contributed by atoms with van der Waals surface area (Å²) in [6, 6.07) is 0. The van der Waals surface area contributed by atoms with Gasteiger partial charge in [0.2, 0.25) is 0 Å². The Labute approximate surface area is 392 Å². The SMILES string of the molecule is CC1(C)CCC2(COC3OC(COC4OC(CO)C(O)C(O)C4O)C(O)C(O)C3O)C(O)CC3(C)C(=CCC4C5(C)CCC(O)C(C)(COC6OC(CO)C(O)C(O)C6O)C5CCC43C)C2C1. The van der Waals surface area contributed by atoms with Gasteiger partial charge in [-0.15, -0.1) is 0 Å². The number of aliphatic hydroxyl groups excluding tert-OH is 13. The fourth-order valence-corrected chi connectivity index (χ4v) is 15.0. The molecule has 0 aromatic carbocycles. The molecule has 4 saturated carbocycles. The Morgan fingerprint density at radius 3 is 1.63 bits per heavy atom. The first-order valence-corrected chi connectivity index (χ1v) is 24.6. The molecule has 5 aliphatic carbocycles. The first-order chi connectivity index (χ1) is 31.3. The summed E-state index contributed by atoms with van der Waals surface area (Å²) in [5, 5.41) is 140. The molecular formula is C48H80O19. The Bertz CT molecular complexity index is 1770. The van der Waals surface area contributed by atoms with E-state index in [2.05, 4.69) is 40.7 Å². The molecule has 25 unspecified atom stereocenters. The lowest BCUT2D eigenvalue weighted by Crippen LogP contribution is -2.68. The van der Waals surface area contributed by atoms with Crippen LogP contribution in [0.4, 0.5) is 0 Å². The number of ether oxygens (including phenoxy) is 6. The molecule has 0 radical (unpaired) electrons. The van der Waals surface area contributed by atoms with Crippen molar-refractivity contribution in [2.45, 2.75) is 204 Å². The van der Waals surface area contributed by atoms with Crippen molar-refractivity contribution in [1.29, 1.82) is 0 Å². The summed E-state index contributed by atoms with van der Waals surface area (Å²) in [5.41, 5.74) is -1.37. The second-order valence-electron chi connectivity index (χ2n) is 23.6. The highest BCUT2D eigenvalue weighted by atomic mass is 16.7. The summed E-state index contributed by atoms with van der Waals surface area (Å²) in [7, 11) is 0. The number of allylic oxidation sites excluding steroid dienone is 2. The van der Waals surface area contributed by atoms with Gasteiger partial charge in [-0.25, -0.2) is 0 Å². The van der Waals surface area contributed by atoms with Crippen LogP contribution in [0.1, 0.15) is 99.3 Å². The molecule has 8 rings (SSSR count). The summed E-state index contributed by atoms with van der Waals surface area (Å²) in [6.07, 6.45) is -15.6. The van der Waals surface area contributed by atoms with Gasteiger partial charge < -0.3 is 94.8 Å². The van der Waals surface area contributed by atoms with Gasteiger partial charge in [0, 0.05) is 10.8 Å². The fourth-order valence-electron chi connectivity index (χ4n) is 15.0. The van der Waals surface area contributed by atoms with Gasteiger partial charge in [0.05, 0.1) is 45.2 Å². The van der Waals surface area contributed by atoms with Crippen LogP contribution < -0.4 is 0 Å². The van der Waals surface area contributed by atoms with Gasteiger partial charge in [0.25, 0.3) is 0 Å². The molecule has 3 heterocycles. The summed E-state index contributed by atoms with van der Waals surface area (Å²) < 4.78 is 35.5. The zero-order valence-corrected chi connectivity index (χ0v) is 39.8. The van der Waals surface area contributed by atoms with E-state index in [1.807, 2.05) is 6.92 Å². The van der Waals surface area contributed by atoms with Crippen molar-refractivity contribution in [3.05, 3.63) is 11.6 Å². The Hall–Kier alpha value is -1.02. The second kappa shape index (κ2) is 18.8. The number of aliphatic hydroxyl groups is 13. The number of hydrogen-bond acceptors (Lipinski definition) is 19. The van der Waals surface area contributed by atoms with Crippen molar-refractivity contribution in [3.8, 4) is 0 Å². The minimum atomic E-state index is -1.73. The van der Waals surface area contributed by atoms with Gasteiger partial charge in [-0.2, -0.15) is 0 Å². The van der Waals surface area contributed by atoms with E-state index in [0.717, 1.165) is 38.5 Å². The molecule has 25 atom stereocenters. The van der Waals surface area contributed by atoms with Crippen LogP contribution in [-0.4, -0.2) is 204 Å². The quantitative estimate of drug-likeness (QED) is 0.106. The van der Waals surface area contributed by atoms with Crippen LogP contribution in [0.15, 0.2) is 11.6 Å². The Morgan fingerprint density at radius 1 is 0.537 bits per heavy atom. The van der Waals surface area contributed by atoms with Crippen molar-refractivity contribution in [1.82, 2.24) is 0 Å². The zero-order chi connectivity index (χ0) is 49.0. The molecular weight excluding hydrogens is 881 g/mol. The van der Waals surface area contributed by atoms with Gasteiger partial charge in [0.15, 0.2) is 18.9 Å². The van der Waals surface area contributed by atoms with Crippen molar-refractivity contribution < 1.29 is 94.8 Å². The molecule has 0 spiro atoms. The molecule has 0 aromatic heterocycles. The maximum Gasteiger partial charge on any atom is 0.186 e. The smallest absolute Gasteiger partial charge is 0.186 e. The lowest BCUT2D eigenvalue weighted by Gasteiger charge is -2.72. The van der Waals surface area contributed by atoms with Crippen LogP contribution in [0.5, 0.6) is 0 Å². The van der Waals surface area contributed by atoms with E-state index in [1.165, 1.54) is 5.57 Å². The lowest BCUT2D eigenvalue weighted by molar-refractivity contribution is -0.336. The van der Waals surface area contributed by atoms with Crippen LogP contribution in [-0.2, 0) is 28.4 Å². The standard InChI is InChI=1S/C48H80O19/c1-43(2)13-14-48(21-64-42-39(61)36(58)33(55)26(67-42)19-62-40-37(59)34(56)31(53)24(17-49)65-40)23(15-43)22-7-8-28-44(3)11-10-29(51)45(4,20-63-41-38(60)35(57)32(54)25(18-50)66-41)27(44)9-12-46(28,5)47(22,6)16-30(48)52/h7,23-42,49-61H,8-21H2,1-6H3. The van der Waals surface area contributed by atoms with E-state index in [4.69, 9.17) is 28.4 Å². The molecule has 13 N–H and O–H groups in total. The Balaban J connectivity index is 1.02. The maximum absolute atomic E-state index is 12.8. The van der Waals surface area contributed by atoms with Gasteiger partial charge in [-0.1, -0.05) is 53.2 Å². The van der Waals surface area contributed by atoms with Gasteiger partial charge in [-0.05, 0) is 97.2 Å². The Morgan fingerprint density at radius 2 is 1.06 bits per heavy atom. The normalized spacial score (nSPS) is 55.4. The number of rotatable bonds is 11. The van der Waals surface area contributed by atoms with E-state index < -0.39 is 140 Å². The average molecular weight is 961 g/mol. The van der Waals surface area contributed by atoms with Crippen LogP contribution in [0, 0.1) is 50.2 Å². The first-order valence-electron chi connectivity index (χ1n) is 24.6. The highest BCUT2D eigenvalue weighted by Gasteiger charge is 2.71. The van der Waals surface area contributed by atoms with E-state index >= 15 is 0 Å². The summed E-state index contributed by atoms with van der Waals surface area (Å²) in [4.78, 5) is 0. The summed E-state index contributed by atoms with van der Waals surface area (Å²) in [6.45, 7) is 11.7. The third kappa shape index (κ3) is 8.42. The number of hydrogen-bond donors (Lipinski definition) is 13. The van der Waals surface area contributed by atoms with Crippen LogP contribution >= 0.6 is 0 Å². The highest BCUT2D eigenvalue weighted by molar-refractivity contribution is 5.35. The average Bonchev–Trinajstić information content (AvgIpc) is 3.28. The number of fused-ring (bicyclic) bond motifs is 7. The highest BCUT2D eigenvalue weighted by Crippen LogP contribution is 2.76. The van der Waals surface area contributed by atoms with E-state index in [9.17, 15) is 66.4 Å². The van der Waals surface area contributed by atoms with Crippen LogP contribution in [0.3, 0.4) is 0 Å². The van der Waals surface area contributed by atoms with Crippen molar-refractivity contribution in [2.24, 2.45) is 50.2 Å². The van der Waals surface area contributed by atoms with Gasteiger partial charge >= 0.3 is 0 Å². The second-order valence-corrected chi connectivity index (χ2v) is 23.6. The minimum Gasteiger partial charge on any atom is -0.394 e. The molecule has 386 valence electrons. The predicted octanol–water partition coefficient (Wildman–Crippen LogP) is -1.44. The van der Waals surface area contributed by atoms with Crippen molar-refractivity contribution in [3.63, 3.8) is 0 Å².